The van der Waals surface area contributed by atoms with E-state index in [4.69, 9.17) is 22.7 Å². The third-order valence-corrected chi connectivity index (χ3v) is 4.19. The van der Waals surface area contributed by atoms with Gasteiger partial charge in [-0.15, -0.1) is 0 Å². The number of carbonyl (C=O) groups is 1. The molecule has 4 nitrogen and oxygen atoms in total. The van der Waals surface area contributed by atoms with E-state index in [2.05, 4.69) is 5.32 Å². The molecule has 1 fully saturated rings. The molecular weight excluding hydrogens is 272 g/mol. The van der Waals surface area contributed by atoms with Gasteiger partial charge in [-0.3, -0.25) is 4.79 Å². The Hall–Kier alpha value is -1.46. The van der Waals surface area contributed by atoms with E-state index in [-0.39, 0.29) is 10.9 Å². The summed E-state index contributed by atoms with van der Waals surface area (Å²) >= 11 is 5.11. The fourth-order valence-corrected chi connectivity index (χ4v) is 2.74. The zero-order valence-corrected chi connectivity index (χ0v) is 12.2. The van der Waals surface area contributed by atoms with Crippen molar-refractivity contribution in [1.82, 2.24) is 5.32 Å². The van der Waals surface area contributed by atoms with Crippen LogP contribution in [0.1, 0.15) is 18.4 Å². The molecule has 3 N–H and O–H groups in total. The molecule has 0 unspecified atom stereocenters. The Kier molecular flexibility index (Phi) is 5.09. The predicted octanol–water partition coefficient (Wildman–Crippen LogP) is 1.43. The van der Waals surface area contributed by atoms with Gasteiger partial charge in [-0.2, -0.15) is 0 Å². The second-order valence-electron chi connectivity index (χ2n) is 5.05. The Balaban J connectivity index is 1.91. The summed E-state index contributed by atoms with van der Waals surface area (Å²) in [5.41, 5.74) is 6.27. The van der Waals surface area contributed by atoms with Crippen molar-refractivity contribution in [2.24, 2.45) is 11.1 Å². The van der Waals surface area contributed by atoms with Gasteiger partial charge in [0.15, 0.2) is 0 Å². The van der Waals surface area contributed by atoms with Gasteiger partial charge < -0.3 is 15.8 Å². The van der Waals surface area contributed by atoms with Crippen LogP contribution in [-0.2, 0) is 16.0 Å². The molecule has 1 aromatic rings. The molecule has 1 aliphatic heterocycles. The number of nitrogens with one attached hydrogen (secondary N) is 1. The number of hydrogen-bond acceptors (Lipinski definition) is 3. The highest BCUT2D eigenvalue weighted by atomic mass is 32.1. The zero-order chi connectivity index (χ0) is 14.4. The van der Waals surface area contributed by atoms with Crippen LogP contribution < -0.4 is 11.1 Å². The summed E-state index contributed by atoms with van der Waals surface area (Å²) in [6, 6.07) is 10.1. The summed E-state index contributed by atoms with van der Waals surface area (Å²) in [4.78, 5) is 12.7. The van der Waals surface area contributed by atoms with Gasteiger partial charge in [-0.05, 0) is 24.8 Å². The van der Waals surface area contributed by atoms with Crippen LogP contribution in [0.3, 0.4) is 0 Å². The van der Waals surface area contributed by atoms with Gasteiger partial charge in [0.25, 0.3) is 0 Å². The number of hydrogen-bond donors (Lipinski definition) is 2. The largest absolute Gasteiger partial charge is 0.392 e. The van der Waals surface area contributed by atoms with E-state index in [1.54, 1.807) is 0 Å². The van der Waals surface area contributed by atoms with Gasteiger partial charge in [0.2, 0.25) is 5.91 Å². The molecule has 1 amide bonds. The Morgan fingerprint density at radius 3 is 2.55 bits per heavy atom. The van der Waals surface area contributed by atoms with E-state index in [1.807, 2.05) is 30.3 Å². The molecule has 0 aliphatic carbocycles. The monoisotopic (exact) mass is 292 g/mol. The Bertz CT molecular complexity index is 470. The van der Waals surface area contributed by atoms with Crippen LogP contribution in [0.5, 0.6) is 0 Å². The summed E-state index contributed by atoms with van der Waals surface area (Å²) < 4.78 is 5.30. The molecule has 0 aromatic heterocycles. The molecule has 108 valence electrons. The highest BCUT2D eigenvalue weighted by Gasteiger charge is 2.42. The van der Waals surface area contributed by atoms with E-state index in [0.717, 1.165) is 6.42 Å². The highest BCUT2D eigenvalue weighted by molar-refractivity contribution is 7.80. The minimum Gasteiger partial charge on any atom is -0.392 e. The summed E-state index contributed by atoms with van der Waals surface area (Å²) in [6.07, 6.45) is 1.94. The van der Waals surface area contributed by atoms with Crippen molar-refractivity contribution in [2.75, 3.05) is 19.8 Å². The second-order valence-corrected chi connectivity index (χ2v) is 5.49. The first kappa shape index (κ1) is 14.9. The summed E-state index contributed by atoms with van der Waals surface area (Å²) in [5.74, 6) is -0.0655. The average molecular weight is 292 g/mol. The Labute approximate surface area is 124 Å². The Morgan fingerprint density at radius 2 is 1.95 bits per heavy atom. The fraction of sp³-hybridized carbons (Fsp3) is 0.467. The third-order valence-electron chi connectivity index (χ3n) is 3.79. The molecular formula is C15H20N2O2S. The standard InChI is InChI=1S/C15H20N2O2S/c16-13(20)15(7-10-19-11-8-15)14(18)17-9-6-12-4-2-1-3-5-12/h1-5H,6-11H2,(H2,16,20)(H,17,18). The number of amides is 1. The first-order valence-electron chi connectivity index (χ1n) is 6.85. The van der Waals surface area contributed by atoms with Crippen LogP contribution in [0.15, 0.2) is 30.3 Å². The van der Waals surface area contributed by atoms with Crippen molar-refractivity contribution in [1.29, 1.82) is 0 Å². The van der Waals surface area contributed by atoms with Crippen LogP contribution >= 0.6 is 12.2 Å². The summed E-state index contributed by atoms with van der Waals surface area (Å²) in [5, 5.41) is 2.96. The number of ether oxygens (including phenoxy) is 1. The minimum absolute atomic E-state index is 0.0655. The zero-order valence-electron chi connectivity index (χ0n) is 11.4. The number of nitrogens with two attached hydrogens (primary N) is 1. The minimum atomic E-state index is -0.732. The number of carbonyl (C=O) groups excluding carboxylic acids is 1. The van der Waals surface area contributed by atoms with E-state index < -0.39 is 5.41 Å². The van der Waals surface area contributed by atoms with E-state index in [0.29, 0.717) is 32.6 Å². The molecule has 0 spiro atoms. The van der Waals surface area contributed by atoms with Gasteiger partial charge in [0.05, 0.1) is 4.99 Å². The molecule has 1 aromatic carbocycles. The first-order valence-corrected chi connectivity index (χ1v) is 7.26. The van der Waals surface area contributed by atoms with Crippen LogP contribution in [0.2, 0.25) is 0 Å². The predicted molar refractivity (Wildman–Crippen MR) is 82.4 cm³/mol. The molecule has 0 bridgehead atoms. The molecule has 5 heteroatoms. The van der Waals surface area contributed by atoms with E-state index >= 15 is 0 Å². The van der Waals surface area contributed by atoms with Gasteiger partial charge in [0, 0.05) is 19.8 Å². The topological polar surface area (TPSA) is 64.4 Å². The molecule has 0 saturated carbocycles. The maximum Gasteiger partial charge on any atom is 0.233 e. The SMILES string of the molecule is NC(=S)C1(C(=O)NCCc2ccccc2)CCOCC1. The molecule has 1 heterocycles. The van der Waals surface area contributed by atoms with Gasteiger partial charge in [-0.25, -0.2) is 0 Å². The van der Waals surface area contributed by atoms with E-state index in [9.17, 15) is 4.79 Å². The highest BCUT2D eigenvalue weighted by Crippen LogP contribution is 2.31. The molecule has 2 rings (SSSR count). The van der Waals surface area contributed by atoms with Crippen molar-refractivity contribution in [2.45, 2.75) is 19.3 Å². The first-order chi connectivity index (χ1) is 9.65. The van der Waals surface area contributed by atoms with Crippen LogP contribution in [0.25, 0.3) is 0 Å². The van der Waals surface area contributed by atoms with Crippen LogP contribution in [0.4, 0.5) is 0 Å². The van der Waals surface area contributed by atoms with Crippen LogP contribution in [0, 0.1) is 5.41 Å². The maximum atomic E-state index is 12.4. The second kappa shape index (κ2) is 6.81. The molecule has 20 heavy (non-hydrogen) atoms. The summed E-state index contributed by atoms with van der Waals surface area (Å²) in [7, 11) is 0. The molecule has 0 atom stereocenters. The average Bonchev–Trinajstić information content (AvgIpc) is 2.48. The maximum absolute atomic E-state index is 12.4. The number of benzene rings is 1. The van der Waals surface area contributed by atoms with Gasteiger partial charge in [0.1, 0.15) is 5.41 Å². The number of thiocarbonyl (C=S) groups is 1. The summed E-state index contributed by atoms with van der Waals surface area (Å²) in [6.45, 7) is 1.65. The van der Waals surface area contributed by atoms with E-state index in [1.165, 1.54) is 5.56 Å². The van der Waals surface area contributed by atoms with Crippen molar-refractivity contribution in [3.05, 3.63) is 35.9 Å². The lowest BCUT2D eigenvalue weighted by Crippen LogP contribution is -2.52. The third kappa shape index (κ3) is 3.35. The number of rotatable bonds is 5. The molecule has 0 radical (unpaired) electrons. The van der Waals surface area contributed by atoms with Crippen LogP contribution in [-0.4, -0.2) is 30.7 Å². The van der Waals surface area contributed by atoms with Gasteiger partial charge in [-0.1, -0.05) is 42.5 Å². The lowest BCUT2D eigenvalue weighted by Gasteiger charge is -2.34. The quantitative estimate of drug-likeness (QED) is 0.806. The van der Waals surface area contributed by atoms with Crippen molar-refractivity contribution in [3.63, 3.8) is 0 Å². The van der Waals surface area contributed by atoms with Gasteiger partial charge >= 0.3 is 0 Å². The Morgan fingerprint density at radius 1 is 1.30 bits per heavy atom. The lowest BCUT2D eigenvalue weighted by atomic mass is 9.79. The van der Waals surface area contributed by atoms with Crippen molar-refractivity contribution < 1.29 is 9.53 Å². The van der Waals surface area contributed by atoms with Crippen molar-refractivity contribution in [3.8, 4) is 0 Å². The van der Waals surface area contributed by atoms with Crippen molar-refractivity contribution >= 4 is 23.1 Å². The smallest absolute Gasteiger partial charge is 0.233 e. The fourth-order valence-electron chi connectivity index (χ4n) is 2.44. The normalized spacial score (nSPS) is 17.4. The molecule has 1 saturated heterocycles. The molecule has 1 aliphatic rings. The lowest BCUT2D eigenvalue weighted by molar-refractivity contribution is -0.131.